The number of hydrogen-bond acceptors (Lipinski definition) is 3. The molecular formula is C11H13F3N2O2. The van der Waals surface area contributed by atoms with Gasteiger partial charge in [-0.25, -0.2) is 0 Å². The molecule has 1 aromatic heterocycles. The minimum atomic E-state index is -4.47. The molecule has 1 heterocycles. The number of rotatable bonds is 4. The van der Waals surface area contributed by atoms with Crippen molar-refractivity contribution in [1.29, 1.82) is 0 Å². The van der Waals surface area contributed by atoms with E-state index >= 15 is 0 Å². The van der Waals surface area contributed by atoms with E-state index in [2.05, 4.69) is 4.98 Å². The molecule has 0 saturated carbocycles. The average molecular weight is 262 g/mol. The van der Waals surface area contributed by atoms with Gasteiger partial charge in [0.15, 0.2) is 0 Å². The number of halogens is 3. The standard InChI is InChI=1S/C11H13F3N2O2/c1-2-16(5-6-17)10(18)9-4-3-8(7-15-9)11(12,13)14/h3-4,7,17H,2,5-6H2,1H3. The Labute approximate surface area is 102 Å². The number of pyridine rings is 1. The molecule has 7 heteroatoms. The zero-order chi connectivity index (χ0) is 13.8. The second-order valence-corrected chi connectivity index (χ2v) is 3.54. The highest BCUT2D eigenvalue weighted by Crippen LogP contribution is 2.28. The average Bonchev–Trinajstić information content (AvgIpc) is 2.34. The summed E-state index contributed by atoms with van der Waals surface area (Å²) in [6.07, 6.45) is -3.84. The predicted molar refractivity (Wildman–Crippen MR) is 57.9 cm³/mol. The molecule has 0 unspecified atom stereocenters. The van der Waals surface area contributed by atoms with Crippen LogP contribution in [0.15, 0.2) is 18.3 Å². The van der Waals surface area contributed by atoms with Crippen LogP contribution in [0.2, 0.25) is 0 Å². The molecule has 4 nitrogen and oxygen atoms in total. The summed E-state index contributed by atoms with van der Waals surface area (Å²) >= 11 is 0. The third kappa shape index (κ3) is 3.43. The molecule has 18 heavy (non-hydrogen) atoms. The van der Waals surface area contributed by atoms with Crippen LogP contribution < -0.4 is 0 Å². The van der Waals surface area contributed by atoms with Crippen molar-refractivity contribution >= 4 is 5.91 Å². The number of nitrogens with zero attached hydrogens (tertiary/aromatic N) is 2. The molecule has 1 amide bonds. The fourth-order valence-corrected chi connectivity index (χ4v) is 1.37. The second kappa shape index (κ2) is 5.81. The fourth-order valence-electron chi connectivity index (χ4n) is 1.37. The maximum atomic E-state index is 12.3. The van der Waals surface area contributed by atoms with Gasteiger partial charge in [-0.05, 0) is 19.1 Å². The van der Waals surface area contributed by atoms with E-state index in [0.29, 0.717) is 12.7 Å². The highest BCUT2D eigenvalue weighted by Gasteiger charge is 2.31. The zero-order valence-electron chi connectivity index (χ0n) is 9.74. The molecular weight excluding hydrogens is 249 g/mol. The van der Waals surface area contributed by atoms with E-state index in [-0.39, 0.29) is 18.8 Å². The highest BCUT2D eigenvalue weighted by atomic mass is 19.4. The molecule has 0 atom stereocenters. The van der Waals surface area contributed by atoms with Crippen molar-refractivity contribution in [3.05, 3.63) is 29.6 Å². The quantitative estimate of drug-likeness (QED) is 0.895. The van der Waals surface area contributed by atoms with Crippen molar-refractivity contribution in [3.8, 4) is 0 Å². The molecule has 1 rings (SSSR count). The van der Waals surface area contributed by atoms with Gasteiger partial charge >= 0.3 is 6.18 Å². The molecule has 0 radical (unpaired) electrons. The largest absolute Gasteiger partial charge is 0.417 e. The number of carbonyl (C=O) groups is 1. The zero-order valence-corrected chi connectivity index (χ0v) is 9.74. The van der Waals surface area contributed by atoms with Crippen molar-refractivity contribution in [2.45, 2.75) is 13.1 Å². The molecule has 1 aromatic rings. The molecule has 0 bridgehead atoms. The third-order valence-electron chi connectivity index (χ3n) is 2.35. The summed E-state index contributed by atoms with van der Waals surface area (Å²) in [4.78, 5) is 16.6. The molecule has 1 N–H and O–H groups in total. The molecule has 0 saturated heterocycles. The van der Waals surface area contributed by atoms with Gasteiger partial charge in [0.05, 0.1) is 12.2 Å². The molecule has 0 aliphatic rings. The number of likely N-dealkylation sites (N-methyl/N-ethyl adjacent to an activating group) is 1. The molecule has 0 aliphatic carbocycles. The third-order valence-corrected chi connectivity index (χ3v) is 2.35. The van der Waals surface area contributed by atoms with Crippen molar-refractivity contribution in [2.24, 2.45) is 0 Å². The molecule has 100 valence electrons. The topological polar surface area (TPSA) is 53.4 Å². The number of hydrogen-bond donors (Lipinski definition) is 1. The lowest BCUT2D eigenvalue weighted by atomic mass is 10.2. The van der Waals surface area contributed by atoms with E-state index in [0.717, 1.165) is 12.1 Å². The van der Waals surface area contributed by atoms with Crippen LogP contribution in [0.1, 0.15) is 23.0 Å². The maximum absolute atomic E-state index is 12.3. The number of aromatic nitrogens is 1. The Hall–Kier alpha value is -1.63. The second-order valence-electron chi connectivity index (χ2n) is 3.54. The van der Waals surface area contributed by atoms with Crippen molar-refractivity contribution in [3.63, 3.8) is 0 Å². The van der Waals surface area contributed by atoms with E-state index in [1.165, 1.54) is 4.90 Å². The van der Waals surface area contributed by atoms with Gasteiger partial charge in [0, 0.05) is 19.3 Å². The van der Waals surface area contributed by atoms with Crippen molar-refractivity contribution in [1.82, 2.24) is 9.88 Å². The summed E-state index contributed by atoms with van der Waals surface area (Å²) in [5.74, 6) is -0.500. The van der Waals surface area contributed by atoms with Crippen LogP contribution >= 0.6 is 0 Å². The van der Waals surface area contributed by atoms with Crippen molar-refractivity contribution < 1.29 is 23.1 Å². The van der Waals surface area contributed by atoms with Crippen LogP contribution in [0.4, 0.5) is 13.2 Å². The van der Waals surface area contributed by atoms with Gasteiger partial charge in [0.25, 0.3) is 5.91 Å². The maximum Gasteiger partial charge on any atom is 0.417 e. The first-order chi connectivity index (χ1) is 8.40. The number of alkyl halides is 3. The Morgan fingerprint density at radius 3 is 2.50 bits per heavy atom. The molecule has 0 aliphatic heterocycles. The number of aliphatic hydroxyl groups is 1. The summed E-state index contributed by atoms with van der Waals surface area (Å²) < 4.78 is 36.9. The molecule has 0 fully saturated rings. The van der Waals surface area contributed by atoms with Gasteiger partial charge in [0.1, 0.15) is 5.69 Å². The van der Waals surface area contributed by atoms with E-state index in [1.54, 1.807) is 6.92 Å². The summed E-state index contributed by atoms with van der Waals surface area (Å²) in [6.45, 7) is 1.97. The van der Waals surface area contributed by atoms with Crippen LogP contribution in [-0.2, 0) is 6.18 Å². The van der Waals surface area contributed by atoms with Gasteiger partial charge in [-0.15, -0.1) is 0 Å². The summed E-state index contributed by atoms with van der Waals surface area (Å²) in [7, 11) is 0. The first-order valence-electron chi connectivity index (χ1n) is 5.33. The van der Waals surface area contributed by atoms with E-state index in [9.17, 15) is 18.0 Å². The number of amides is 1. The summed E-state index contributed by atoms with van der Waals surface area (Å²) in [5, 5.41) is 8.75. The molecule has 0 aromatic carbocycles. The Balaban J connectivity index is 2.88. The Kier molecular flexibility index (Phi) is 4.66. The lowest BCUT2D eigenvalue weighted by Crippen LogP contribution is -2.33. The van der Waals surface area contributed by atoms with E-state index < -0.39 is 17.6 Å². The normalized spacial score (nSPS) is 11.4. The van der Waals surface area contributed by atoms with Gasteiger partial charge < -0.3 is 10.0 Å². The first kappa shape index (κ1) is 14.4. The van der Waals surface area contributed by atoms with E-state index in [1.807, 2.05) is 0 Å². The summed E-state index contributed by atoms with van der Waals surface area (Å²) in [6, 6.07) is 1.85. The Morgan fingerprint density at radius 1 is 1.44 bits per heavy atom. The number of carbonyl (C=O) groups excluding carboxylic acids is 1. The lowest BCUT2D eigenvalue weighted by molar-refractivity contribution is -0.137. The van der Waals surface area contributed by atoms with Crippen LogP contribution in [0, 0.1) is 0 Å². The van der Waals surface area contributed by atoms with Crippen LogP contribution in [-0.4, -0.2) is 40.6 Å². The van der Waals surface area contributed by atoms with Crippen molar-refractivity contribution in [2.75, 3.05) is 19.7 Å². The fraction of sp³-hybridized carbons (Fsp3) is 0.455. The van der Waals surface area contributed by atoms with Crippen LogP contribution in [0.25, 0.3) is 0 Å². The minimum Gasteiger partial charge on any atom is -0.395 e. The van der Waals surface area contributed by atoms with Gasteiger partial charge in [-0.1, -0.05) is 0 Å². The number of aliphatic hydroxyl groups excluding tert-OH is 1. The monoisotopic (exact) mass is 262 g/mol. The van der Waals surface area contributed by atoms with Crippen LogP contribution in [0.5, 0.6) is 0 Å². The highest BCUT2D eigenvalue weighted by molar-refractivity contribution is 5.92. The Morgan fingerprint density at radius 2 is 2.11 bits per heavy atom. The lowest BCUT2D eigenvalue weighted by Gasteiger charge is -2.19. The Bertz CT molecular complexity index is 404. The SMILES string of the molecule is CCN(CCO)C(=O)c1ccc(C(F)(F)F)cn1. The minimum absolute atomic E-state index is 0.0710. The predicted octanol–water partition coefficient (Wildman–Crippen LogP) is 1.55. The molecule has 0 spiro atoms. The van der Waals surface area contributed by atoms with Gasteiger partial charge in [-0.3, -0.25) is 9.78 Å². The van der Waals surface area contributed by atoms with E-state index in [4.69, 9.17) is 5.11 Å². The van der Waals surface area contributed by atoms with Crippen LogP contribution in [0.3, 0.4) is 0 Å². The van der Waals surface area contributed by atoms with Gasteiger partial charge in [0.2, 0.25) is 0 Å². The van der Waals surface area contributed by atoms with Gasteiger partial charge in [-0.2, -0.15) is 13.2 Å². The first-order valence-corrected chi connectivity index (χ1v) is 5.33. The summed E-state index contributed by atoms with van der Waals surface area (Å²) in [5.41, 5.74) is -0.970. The smallest absolute Gasteiger partial charge is 0.395 e.